The number of carbonyl (C=O) groups is 1. The van der Waals surface area contributed by atoms with Crippen LogP contribution in [0.1, 0.15) is 23.7 Å². The molecule has 0 atom stereocenters. The Kier molecular flexibility index (Phi) is 5.30. The van der Waals surface area contributed by atoms with E-state index in [2.05, 4.69) is 10.4 Å². The maximum absolute atomic E-state index is 12.4. The average molecular weight is 338 g/mol. The fraction of sp³-hybridized carbons (Fsp3) is 0.263. The summed E-state index contributed by atoms with van der Waals surface area (Å²) in [5.41, 5.74) is 8.84. The number of carbonyl (C=O) groups excluding carboxylic acids is 1. The first-order valence-corrected chi connectivity index (χ1v) is 8.31. The smallest absolute Gasteiger partial charge is 0.255 e. The molecule has 0 saturated heterocycles. The minimum absolute atomic E-state index is 0.150. The Balaban J connectivity index is 1.61. The van der Waals surface area contributed by atoms with Gasteiger partial charge in [0.15, 0.2) is 0 Å². The summed E-state index contributed by atoms with van der Waals surface area (Å²) in [7, 11) is 0. The Morgan fingerprint density at radius 2 is 1.92 bits per heavy atom. The van der Waals surface area contributed by atoms with Gasteiger partial charge in [0.25, 0.3) is 5.91 Å². The van der Waals surface area contributed by atoms with Crippen molar-refractivity contribution in [2.45, 2.75) is 13.3 Å². The predicted molar refractivity (Wildman–Crippen MR) is 100 cm³/mol. The largest absolute Gasteiger partial charge is 0.492 e. The number of ether oxygens (including phenoxy) is 1. The van der Waals surface area contributed by atoms with Crippen LogP contribution in [0.4, 0.5) is 11.4 Å². The molecule has 0 saturated carbocycles. The lowest BCUT2D eigenvalue weighted by Gasteiger charge is -2.14. The van der Waals surface area contributed by atoms with Gasteiger partial charge in [-0.05, 0) is 55.5 Å². The van der Waals surface area contributed by atoms with E-state index in [4.69, 9.17) is 10.5 Å². The highest BCUT2D eigenvalue weighted by Crippen LogP contribution is 2.21. The lowest BCUT2D eigenvalue weighted by molar-refractivity contribution is 0.102. The SMILES string of the molecule is CC1=NN(c2ccc(C(=O)Nc3ccc(OCCN)cc3)cc2)CC1. The van der Waals surface area contributed by atoms with Crippen molar-refractivity contribution in [1.82, 2.24) is 0 Å². The van der Waals surface area contributed by atoms with Gasteiger partial charge < -0.3 is 15.8 Å². The molecule has 3 N–H and O–H groups in total. The van der Waals surface area contributed by atoms with E-state index in [1.807, 2.05) is 48.3 Å². The maximum Gasteiger partial charge on any atom is 0.255 e. The third-order valence-corrected chi connectivity index (χ3v) is 3.90. The Labute approximate surface area is 147 Å². The molecule has 6 heteroatoms. The van der Waals surface area contributed by atoms with Crippen LogP contribution < -0.4 is 20.8 Å². The number of anilines is 2. The first-order valence-electron chi connectivity index (χ1n) is 8.31. The van der Waals surface area contributed by atoms with E-state index in [0.717, 1.165) is 30.1 Å². The standard InChI is InChI=1S/C19H22N4O2/c1-14-10-12-23(22-14)17-6-2-15(3-7-17)19(24)21-16-4-8-18(9-5-16)25-13-11-20/h2-9H,10-13,20H2,1H3,(H,21,24). The fourth-order valence-electron chi connectivity index (χ4n) is 2.56. The van der Waals surface area contributed by atoms with Gasteiger partial charge in [-0.15, -0.1) is 0 Å². The molecule has 1 aliphatic heterocycles. The molecule has 2 aromatic rings. The highest BCUT2D eigenvalue weighted by Gasteiger charge is 2.13. The van der Waals surface area contributed by atoms with Gasteiger partial charge in [0.05, 0.1) is 5.69 Å². The second kappa shape index (κ2) is 7.81. The van der Waals surface area contributed by atoms with Crippen molar-refractivity contribution in [2.75, 3.05) is 30.0 Å². The van der Waals surface area contributed by atoms with E-state index in [9.17, 15) is 4.79 Å². The van der Waals surface area contributed by atoms with Gasteiger partial charge in [-0.2, -0.15) is 5.10 Å². The van der Waals surface area contributed by atoms with Crippen LogP contribution in [0.25, 0.3) is 0 Å². The normalized spacial score (nSPS) is 13.5. The van der Waals surface area contributed by atoms with Crippen LogP contribution in [-0.2, 0) is 0 Å². The number of nitrogens with zero attached hydrogens (tertiary/aromatic N) is 2. The van der Waals surface area contributed by atoms with Crippen molar-refractivity contribution in [3.05, 3.63) is 54.1 Å². The number of hydrogen-bond acceptors (Lipinski definition) is 5. The molecule has 0 aromatic heterocycles. The molecule has 3 rings (SSSR count). The molecular weight excluding hydrogens is 316 g/mol. The lowest BCUT2D eigenvalue weighted by Crippen LogP contribution is -2.14. The molecule has 1 aliphatic rings. The molecule has 0 fully saturated rings. The number of hydrazone groups is 1. The van der Waals surface area contributed by atoms with Crippen molar-refractivity contribution in [3.8, 4) is 5.75 Å². The number of hydrogen-bond donors (Lipinski definition) is 2. The molecule has 0 radical (unpaired) electrons. The van der Waals surface area contributed by atoms with Gasteiger partial charge >= 0.3 is 0 Å². The lowest BCUT2D eigenvalue weighted by atomic mass is 10.2. The Morgan fingerprint density at radius 3 is 2.52 bits per heavy atom. The molecule has 25 heavy (non-hydrogen) atoms. The van der Waals surface area contributed by atoms with Crippen LogP contribution >= 0.6 is 0 Å². The van der Waals surface area contributed by atoms with Crippen LogP contribution in [0.3, 0.4) is 0 Å². The third-order valence-electron chi connectivity index (χ3n) is 3.90. The van der Waals surface area contributed by atoms with E-state index in [1.54, 1.807) is 12.1 Å². The van der Waals surface area contributed by atoms with Gasteiger partial charge in [-0.3, -0.25) is 9.80 Å². The maximum atomic E-state index is 12.4. The highest BCUT2D eigenvalue weighted by atomic mass is 16.5. The molecule has 6 nitrogen and oxygen atoms in total. The molecule has 0 unspecified atom stereocenters. The van der Waals surface area contributed by atoms with Crippen LogP contribution in [-0.4, -0.2) is 31.3 Å². The van der Waals surface area contributed by atoms with Crippen LogP contribution in [0.15, 0.2) is 53.6 Å². The van der Waals surface area contributed by atoms with E-state index in [0.29, 0.717) is 24.4 Å². The van der Waals surface area contributed by atoms with Gasteiger partial charge in [0, 0.05) is 36.5 Å². The van der Waals surface area contributed by atoms with Gasteiger partial charge in [-0.25, -0.2) is 0 Å². The molecule has 2 aromatic carbocycles. The molecule has 0 bridgehead atoms. The molecule has 1 heterocycles. The van der Waals surface area contributed by atoms with Crippen molar-refractivity contribution in [2.24, 2.45) is 10.8 Å². The number of rotatable bonds is 6. The van der Waals surface area contributed by atoms with Crippen molar-refractivity contribution in [1.29, 1.82) is 0 Å². The molecule has 1 amide bonds. The Hall–Kier alpha value is -2.86. The van der Waals surface area contributed by atoms with Crippen LogP contribution in [0, 0.1) is 0 Å². The van der Waals surface area contributed by atoms with Crippen molar-refractivity contribution in [3.63, 3.8) is 0 Å². The summed E-state index contributed by atoms with van der Waals surface area (Å²) >= 11 is 0. The highest BCUT2D eigenvalue weighted by molar-refractivity contribution is 6.04. The number of nitrogens with one attached hydrogen (secondary N) is 1. The van der Waals surface area contributed by atoms with Crippen LogP contribution in [0.2, 0.25) is 0 Å². The molecule has 0 aliphatic carbocycles. The van der Waals surface area contributed by atoms with Gasteiger partial charge in [0.2, 0.25) is 0 Å². The summed E-state index contributed by atoms with van der Waals surface area (Å²) < 4.78 is 5.42. The predicted octanol–water partition coefficient (Wildman–Crippen LogP) is 2.86. The third kappa shape index (κ3) is 4.36. The summed E-state index contributed by atoms with van der Waals surface area (Å²) in [5, 5.41) is 9.29. The molecular formula is C19H22N4O2. The van der Waals surface area contributed by atoms with Crippen molar-refractivity contribution < 1.29 is 9.53 Å². The number of amides is 1. The summed E-state index contributed by atoms with van der Waals surface area (Å²) in [6, 6.07) is 14.7. The van der Waals surface area contributed by atoms with E-state index >= 15 is 0 Å². The first-order chi connectivity index (χ1) is 12.2. The number of benzene rings is 2. The van der Waals surface area contributed by atoms with E-state index in [-0.39, 0.29) is 5.91 Å². The van der Waals surface area contributed by atoms with E-state index in [1.165, 1.54) is 0 Å². The van der Waals surface area contributed by atoms with Crippen LogP contribution in [0.5, 0.6) is 5.75 Å². The summed E-state index contributed by atoms with van der Waals surface area (Å²) in [4.78, 5) is 12.4. The minimum atomic E-state index is -0.150. The quantitative estimate of drug-likeness (QED) is 0.849. The van der Waals surface area contributed by atoms with Gasteiger partial charge in [0.1, 0.15) is 12.4 Å². The zero-order chi connectivity index (χ0) is 17.6. The second-order valence-electron chi connectivity index (χ2n) is 5.87. The summed E-state index contributed by atoms with van der Waals surface area (Å²) in [6.07, 6.45) is 0.979. The minimum Gasteiger partial charge on any atom is -0.492 e. The zero-order valence-electron chi connectivity index (χ0n) is 14.2. The fourth-order valence-corrected chi connectivity index (χ4v) is 2.56. The monoisotopic (exact) mass is 338 g/mol. The van der Waals surface area contributed by atoms with Gasteiger partial charge in [-0.1, -0.05) is 0 Å². The molecule has 0 spiro atoms. The average Bonchev–Trinajstić information content (AvgIpc) is 3.07. The Bertz CT molecular complexity index is 754. The first kappa shape index (κ1) is 17.0. The summed E-state index contributed by atoms with van der Waals surface area (Å²) in [5.74, 6) is 0.581. The number of nitrogens with two attached hydrogens (primary N) is 1. The second-order valence-corrected chi connectivity index (χ2v) is 5.87. The summed E-state index contributed by atoms with van der Waals surface area (Å²) in [6.45, 7) is 3.85. The Morgan fingerprint density at radius 1 is 1.20 bits per heavy atom. The van der Waals surface area contributed by atoms with E-state index < -0.39 is 0 Å². The van der Waals surface area contributed by atoms with Crippen molar-refractivity contribution >= 4 is 23.0 Å². The molecule has 130 valence electrons. The zero-order valence-corrected chi connectivity index (χ0v) is 14.2. The topological polar surface area (TPSA) is 80.0 Å².